The summed E-state index contributed by atoms with van der Waals surface area (Å²) in [5.41, 5.74) is 3.88. The quantitative estimate of drug-likeness (QED) is 0.499. The fourth-order valence-electron chi connectivity index (χ4n) is 3.05. The van der Waals surface area contributed by atoms with E-state index in [-0.39, 0.29) is 5.78 Å². The predicted molar refractivity (Wildman–Crippen MR) is 98.5 cm³/mol. The lowest BCUT2D eigenvalue weighted by atomic mass is 10.1. The van der Waals surface area contributed by atoms with Crippen LogP contribution in [0.1, 0.15) is 54.1 Å². The van der Waals surface area contributed by atoms with E-state index in [4.69, 9.17) is 4.74 Å². The van der Waals surface area contributed by atoms with Gasteiger partial charge in [-0.15, -0.1) is 0 Å². The third-order valence-electron chi connectivity index (χ3n) is 4.42. The second-order valence-electron chi connectivity index (χ2n) is 6.31. The van der Waals surface area contributed by atoms with E-state index < -0.39 is 0 Å². The fraction of sp³-hybridized carbons (Fsp3) is 0.318. The molecule has 0 N–H and O–H groups in total. The van der Waals surface area contributed by atoms with Crippen molar-refractivity contribution >= 4 is 11.9 Å². The lowest BCUT2D eigenvalue weighted by Gasteiger charge is -2.06. The highest BCUT2D eigenvalue weighted by atomic mass is 16.5. The van der Waals surface area contributed by atoms with E-state index in [0.717, 1.165) is 47.5 Å². The van der Waals surface area contributed by atoms with Crippen molar-refractivity contribution in [2.24, 2.45) is 0 Å². The number of carbonyl (C=O) groups excluding carboxylic acids is 1. The van der Waals surface area contributed by atoms with Crippen molar-refractivity contribution in [3.05, 3.63) is 70.8 Å². The fourth-order valence-corrected chi connectivity index (χ4v) is 3.05. The summed E-state index contributed by atoms with van der Waals surface area (Å²) in [6.07, 6.45) is 7.56. The van der Waals surface area contributed by atoms with E-state index in [1.165, 1.54) is 19.3 Å². The van der Waals surface area contributed by atoms with Crippen molar-refractivity contribution in [1.29, 1.82) is 0 Å². The van der Waals surface area contributed by atoms with Gasteiger partial charge in [0.25, 0.3) is 0 Å². The SMILES string of the molecule is CCCCCCOc1ccc(/C=C2\Cc3ccccc3C2=O)cc1. The van der Waals surface area contributed by atoms with Crippen molar-refractivity contribution in [3.8, 4) is 5.75 Å². The van der Waals surface area contributed by atoms with Gasteiger partial charge in [0.2, 0.25) is 0 Å². The zero-order valence-electron chi connectivity index (χ0n) is 14.3. The van der Waals surface area contributed by atoms with E-state index in [1.807, 2.05) is 54.6 Å². The summed E-state index contributed by atoms with van der Waals surface area (Å²) in [7, 11) is 0. The van der Waals surface area contributed by atoms with Crippen molar-refractivity contribution in [1.82, 2.24) is 0 Å². The number of rotatable bonds is 7. The Hall–Kier alpha value is -2.35. The number of unbranched alkanes of at least 4 members (excludes halogenated alkanes) is 3. The van der Waals surface area contributed by atoms with Gasteiger partial charge in [0, 0.05) is 17.6 Å². The van der Waals surface area contributed by atoms with E-state index >= 15 is 0 Å². The molecule has 0 aliphatic heterocycles. The van der Waals surface area contributed by atoms with Crippen molar-refractivity contribution < 1.29 is 9.53 Å². The van der Waals surface area contributed by atoms with E-state index in [2.05, 4.69) is 6.92 Å². The Kier molecular flexibility index (Phi) is 5.47. The third-order valence-corrected chi connectivity index (χ3v) is 4.42. The van der Waals surface area contributed by atoms with Crippen molar-refractivity contribution in [2.45, 2.75) is 39.0 Å². The van der Waals surface area contributed by atoms with Gasteiger partial charge in [-0.25, -0.2) is 0 Å². The van der Waals surface area contributed by atoms with Crippen LogP contribution in [0.25, 0.3) is 6.08 Å². The normalized spacial score (nSPS) is 14.9. The minimum Gasteiger partial charge on any atom is -0.494 e. The number of benzene rings is 2. The zero-order chi connectivity index (χ0) is 16.8. The van der Waals surface area contributed by atoms with Gasteiger partial charge in [-0.2, -0.15) is 0 Å². The molecule has 0 radical (unpaired) electrons. The van der Waals surface area contributed by atoms with Gasteiger partial charge in [-0.1, -0.05) is 62.6 Å². The highest BCUT2D eigenvalue weighted by Gasteiger charge is 2.23. The third kappa shape index (κ3) is 3.94. The van der Waals surface area contributed by atoms with Crippen LogP contribution in [0.3, 0.4) is 0 Å². The van der Waals surface area contributed by atoms with Crippen LogP contribution >= 0.6 is 0 Å². The number of allylic oxidation sites excluding steroid dienone is 1. The topological polar surface area (TPSA) is 26.3 Å². The largest absolute Gasteiger partial charge is 0.494 e. The molecule has 0 saturated heterocycles. The first-order chi connectivity index (χ1) is 11.8. The number of Topliss-reactive ketones (excluding diaryl/α,β-unsaturated/α-hetero) is 1. The molecule has 124 valence electrons. The van der Waals surface area contributed by atoms with Crippen LogP contribution in [0.15, 0.2) is 54.1 Å². The standard InChI is InChI=1S/C22H24O2/c1-2-3-4-7-14-24-20-12-10-17(11-13-20)15-19-16-18-8-5-6-9-21(18)22(19)23/h5-6,8-13,15H,2-4,7,14,16H2,1H3/b19-15+. The maximum atomic E-state index is 12.4. The molecule has 0 bridgehead atoms. The highest BCUT2D eigenvalue weighted by Crippen LogP contribution is 2.27. The molecule has 0 spiro atoms. The summed E-state index contributed by atoms with van der Waals surface area (Å²) >= 11 is 0. The molecule has 2 heteroatoms. The van der Waals surface area contributed by atoms with Gasteiger partial charge >= 0.3 is 0 Å². The molecule has 2 aromatic carbocycles. The van der Waals surface area contributed by atoms with Crippen LogP contribution in [0.2, 0.25) is 0 Å². The van der Waals surface area contributed by atoms with Gasteiger partial charge < -0.3 is 4.74 Å². The Balaban J connectivity index is 1.60. The monoisotopic (exact) mass is 320 g/mol. The van der Waals surface area contributed by atoms with Gasteiger partial charge in [0.1, 0.15) is 5.75 Å². The molecule has 0 fully saturated rings. The molecule has 0 heterocycles. The maximum absolute atomic E-state index is 12.4. The van der Waals surface area contributed by atoms with Crippen LogP contribution < -0.4 is 4.74 Å². The molecule has 1 aliphatic carbocycles. The number of fused-ring (bicyclic) bond motifs is 1. The Morgan fingerprint density at radius 3 is 2.54 bits per heavy atom. The van der Waals surface area contributed by atoms with E-state index in [1.54, 1.807) is 0 Å². The van der Waals surface area contributed by atoms with Gasteiger partial charge in [-0.3, -0.25) is 4.79 Å². The van der Waals surface area contributed by atoms with Gasteiger partial charge in [0.05, 0.1) is 6.61 Å². The second kappa shape index (κ2) is 7.96. The smallest absolute Gasteiger partial charge is 0.189 e. The molecule has 1 aliphatic rings. The first kappa shape index (κ1) is 16.5. The molecular formula is C22H24O2. The van der Waals surface area contributed by atoms with E-state index in [9.17, 15) is 4.79 Å². The average Bonchev–Trinajstić information content (AvgIpc) is 2.92. The van der Waals surface area contributed by atoms with E-state index in [0.29, 0.717) is 0 Å². The Bertz CT molecular complexity index is 726. The summed E-state index contributed by atoms with van der Waals surface area (Å²) < 4.78 is 5.76. The number of hydrogen-bond acceptors (Lipinski definition) is 2. The number of ketones is 1. The molecule has 0 atom stereocenters. The Morgan fingerprint density at radius 2 is 1.79 bits per heavy atom. The molecule has 2 aromatic rings. The average molecular weight is 320 g/mol. The molecule has 0 unspecified atom stereocenters. The lowest BCUT2D eigenvalue weighted by Crippen LogP contribution is -1.97. The first-order valence-electron chi connectivity index (χ1n) is 8.84. The van der Waals surface area contributed by atoms with Gasteiger partial charge in [0.15, 0.2) is 5.78 Å². The predicted octanol–water partition coefficient (Wildman–Crippen LogP) is 5.47. The summed E-state index contributed by atoms with van der Waals surface area (Å²) in [5.74, 6) is 1.05. The molecule has 2 nitrogen and oxygen atoms in total. The van der Waals surface area contributed by atoms with Gasteiger partial charge in [-0.05, 0) is 35.8 Å². The number of hydrogen-bond donors (Lipinski definition) is 0. The van der Waals surface area contributed by atoms with Crippen molar-refractivity contribution in [2.75, 3.05) is 6.61 Å². The highest BCUT2D eigenvalue weighted by molar-refractivity contribution is 6.15. The second-order valence-corrected chi connectivity index (χ2v) is 6.31. The molecule has 3 rings (SSSR count). The Labute approximate surface area is 144 Å². The summed E-state index contributed by atoms with van der Waals surface area (Å²) in [6, 6.07) is 15.9. The van der Waals surface area contributed by atoms with Crippen LogP contribution in [0, 0.1) is 0 Å². The molecule has 0 saturated carbocycles. The molecule has 0 aromatic heterocycles. The Morgan fingerprint density at radius 1 is 1.00 bits per heavy atom. The minimum atomic E-state index is 0.154. The molecule has 0 amide bonds. The van der Waals surface area contributed by atoms with Crippen LogP contribution in [-0.2, 0) is 6.42 Å². The first-order valence-corrected chi connectivity index (χ1v) is 8.84. The minimum absolute atomic E-state index is 0.154. The summed E-state index contributed by atoms with van der Waals surface area (Å²) in [6.45, 7) is 2.98. The maximum Gasteiger partial charge on any atom is 0.189 e. The molecule has 24 heavy (non-hydrogen) atoms. The zero-order valence-corrected chi connectivity index (χ0v) is 14.3. The molecular weight excluding hydrogens is 296 g/mol. The lowest BCUT2D eigenvalue weighted by molar-refractivity contribution is 0.104. The van der Waals surface area contributed by atoms with Crippen molar-refractivity contribution in [3.63, 3.8) is 0 Å². The van der Waals surface area contributed by atoms with Crippen LogP contribution in [0.4, 0.5) is 0 Å². The number of carbonyl (C=O) groups is 1. The van der Waals surface area contributed by atoms with Crippen LogP contribution in [-0.4, -0.2) is 12.4 Å². The summed E-state index contributed by atoms with van der Waals surface area (Å²) in [4.78, 5) is 12.4. The van der Waals surface area contributed by atoms with Crippen LogP contribution in [0.5, 0.6) is 5.75 Å². The summed E-state index contributed by atoms with van der Waals surface area (Å²) in [5, 5.41) is 0. The number of ether oxygens (including phenoxy) is 1.